The summed E-state index contributed by atoms with van der Waals surface area (Å²) >= 11 is 0. The van der Waals surface area contributed by atoms with Crippen LogP contribution in [0.1, 0.15) is 25.2 Å². The summed E-state index contributed by atoms with van der Waals surface area (Å²) < 4.78 is 5.13. The molecule has 0 saturated heterocycles. The van der Waals surface area contributed by atoms with Gasteiger partial charge in [-0.15, -0.1) is 0 Å². The molecule has 2 aromatic rings. The van der Waals surface area contributed by atoms with Crippen molar-refractivity contribution in [3.8, 4) is 11.5 Å². The summed E-state index contributed by atoms with van der Waals surface area (Å²) in [5, 5.41) is 6.78. The van der Waals surface area contributed by atoms with Crippen molar-refractivity contribution in [3.63, 3.8) is 0 Å². The van der Waals surface area contributed by atoms with Gasteiger partial charge in [-0.25, -0.2) is 0 Å². The number of carbonyl (C=O) groups is 1. The number of hydrogen-bond acceptors (Lipinski definition) is 5. The molecule has 3 rings (SSSR count). The van der Waals surface area contributed by atoms with Crippen LogP contribution in [0.25, 0.3) is 11.5 Å². The lowest BCUT2D eigenvalue weighted by Crippen LogP contribution is -2.25. The van der Waals surface area contributed by atoms with Crippen LogP contribution in [0.15, 0.2) is 28.9 Å². The van der Waals surface area contributed by atoms with Gasteiger partial charge in [0.05, 0.1) is 0 Å². The first-order valence-corrected chi connectivity index (χ1v) is 6.82. The van der Waals surface area contributed by atoms with E-state index in [1.807, 2.05) is 18.2 Å². The predicted molar refractivity (Wildman–Crippen MR) is 71.6 cm³/mol. The number of rotatable bonds is 6. The Bertz CT molecular complexity index is 578. The van der Waals surface area contributed by atoms with Gasteiger partial charge in [-0.05, 0) is 30.9 Å². The molecule has 1 amide bonds. The Morgan fingerprint density at radius 3 is 3.05 bits per heavy atom. The van der Waals surface area contributed by atoms with E-state index in [9.17, 15) is 4.79 Å². The Kier molecular flexibility index (Phi) is 3.71. The van der Waals surface area contributed by atoms with E-state index in [1.54, 1.807) is 6.20 Å². The average molecular weight is 272 g/mol. The fraction of sp³-hybridized carbons (Fsp3) is 0.429. The first kappa shape index (κ1) is 12.8. The van der Waals surface area contributed by atoms with Crippen molar-refractivity contribution in [2.75, 3.05) is 6.54 Å². The minimum Gasteiger partial charge on any atom is -0.356 e. The summed E-state index contributed by atoms with van der Waals surface area (Å²) in [4.78, 5) is 20.0. The van der Waals surface area contributed by atoms with E-state index in [0.29, 0.717) is 36.2 Å². The van der Waals surface area contributed by atoms with Crippen LogP contribution in [0.5, 0.6) is 0 Å². The third-order valence-corrected chi connectivity index (χ3v) is 3.21. The van der Waals surface area contributed by atoms with Crippen molar-refractivity contribution in [2.45, 2.75) is 25.7 Å². The normalized spacial score (nSPS) is 14.2. The van der Waals surface area contributed by atoms with Crippen LogP contribution in [-0.4, -0.2) is 27.6 Å². The van der Waals surface area contributed by atoms with Crippen LogP contribution in [0, 0.1) is 5.92 Å². The summed E-state index contributed by atoms with van der Waals surface area (Å²) in [5.41, 5.74) is 0.667. The van der Waals surface area contributed by atoms with Crippen LogP contribution < -0.4 is 5.32 Å². The standard InChI is InChI=1S/C14H16N4O2/c19-12(16-9-10-4-5-10)6-7-13-17-14(18-20-13)11-3-1-2-8-15-11/h1-3,8,10H,4-7,9H2,(H,16,19). The average Bonchev–Trinajstić information content (AvgIpc) is 3.20. The van der Waals surface area contributed by atoms with Crippen molar-refractivity contribution >= 4 is 5.91 Å². The molecule has 0 atom stereocenters. The molecule has 0 spiro atoms. The van der Waals surface area contributed by atoms with E-state index in [2.05, 4.69) is 20.4 Å². The smallest absolute Gasteiger partial charge is 0.227 e. The number of nitrogens with zero attached hydrogens (tertiary/aromatic N) is 3. The molecule has 0 unspecified atom stereocenters. The second-order valence-corrected chi connectivity index (χ2v) is 4.97. The lowest BCUT2D eigenvalue weighted by molar-refractivity contribution is -0.121. The Hall–Kier alpha value is -2.24. The number of nitrogens with one attached hydrogen (secondary N) is 1. The summed E-state index contributed by atoms with van der Waals surface area (Å²) in [6, 6.07) is 5.51. The lowest BCUT2D eigenvalue weighted by atomic mass is 10.3. The van der Waals surface area contributed by atoms with Crippen LogP contribution >= 0.6 is 0 Å². The Labute approximate surface area is 116 Å². The third-order valence-electron chi connectivity index (χ3n) is 3.21. The number of aromatic nitrogens is 3. The largest absolute Gasteiger partial charge is 0.356 e. The van der Waals surface area contributed by atoms with Gasteiger partial charge in [0.25, 0.3) is 0 Å². The molecular weight excluding hydrogens is 256 g/mol. The zero-order valence-corrected chi connectivity index (χ0v) is 11.1. The van der Waals surface area contributed by atoms with E-state index >= 15 is 0 Å². The predicted octanol–water partition coefficient (Wildman–Crippen LogP) is 1.59. The zero-order valence-electron chi connectivity index (χ0n) is 11.1. The topological polar surface area (TPSA) is 80.9 Å². The zero-order chi connectivity index (χ0) is 13.8. The van der Waals surface area contributed by atoms with E-state index < -0.39 is 0 Å². The van der Waals surface area contributed by atoms with E-state index in [1.165, 1.54) is 12.8 Å². The minimum absolute atomic E-state index is 0.0366. The van der Waals surface area contributed by atoms with Crippen molar-refractivity contribution in [2.24, 2.45) is 5.92 Å². The van der Waals surface area contributed by atoms with Gasteiger partial charge in [0.15, 0.2) is 0 Å². The molecule has 1 saturated carbocycles. The van der Waals surface area contributed by atoms with Crippen LogP contribution in [0.4, 0.5) is 0 Å². The maximum atomic E-state index is 11.6. The molecule has 0 radical (unpaired) electrons. The molecule has 1 fully saturated rings. The van der Waals surface area contributed by atoms with Crippen molar-refractivity contribution in [1.29, 1.82) is 0 Å². The van der Waals surface area contributed by atoms with E-state index in [0.717, 1.165) is 6.54 Å². The fourth-order valence-electron chi connectivity index (χ4n) is 1.84. The third kappa shape index (κ3) is 3.40. The summed E-state index contributed by atoms with van der Waals surface area (Å²) in [6.07, 6.45) is 4.97. The van der Waals surface area contributed by atoms with E-state index in [4.69, 9.17) is 4.52 Å². The molecule has 6 nitrogen and oxygen atoms in total. The van der Waals surface area contributed by atoms with Crippen LogP contribution in [0.2, 0.25) is 0 Å². The molecule has 0 bridgehead atoms. The molecular formula is C14H16N4O2. The van der Waals surface area contributed by atoms with Gasteiger partial charge < -0.3 is 9.84 Å². The highest BCUT2D eigenvalue weighted by Gasteiger charge is 2.21. The molecule has 104 valence electrons. The summed E-state index contributed by atoms with van der Waals surface area (Å²) in [6.45, 7) is 0.794. The molecule has 2 heterocycles. The van der Waals surface area contributed by atoms with Crippen LogP contribution in [-0.2, 0) is 11.2 Å². The minimum atomic E-state index is 0.0366. The highest BCUT2D eigenvalue weighted by Crippen LogP contribution is 2.27. The van der Waals surface area contributed by atoms with Gasteiger partial charge in [-0.2, -0.15) is 4.98 Å². The molecule has 1 N–H and O–H groups in total. The molecule has 1 aliphatic carbocycles. The number of hydrogen-bond donors (Lipinski definition) is 1. The number of amides is 1. The van der Waals surface area contributed by atoms with Crippen molar-refractivity contribution in [3.05, 3.63) is 30.3 Å². The SMILES string of the molecule is O=C(CCc1nc(-c2ccccn2)no1)NCC1CC1. The first-order valence-electron chi connectivity index (χ1n) is 6.82. The number of pyridine rings is 1. The van der Waals surface area contributed by atoms with Gasteiger partial charge in [0.2, 0.25) is 17.6 Å². The van der Waals surface area contributed by atoms with Crippen LogP contribution in [0.3, 0.4) is 0 Å². The number of aryl methyl sites for hydroxylation is 1. The van der Waals surface area contributed by atoms with Crippen molar-refractivity contribution < 1.29 is 9.32 Å². The Morgan fingerprint density at radius 1 is 1.40 bits per heavy atom. The first-order chi connectivity index (χ1) is 9.81. The lowest BCUT2D eigenvalue weighted by Gasteiger charge is -2.01. The highest BCUT2D eigenvalue weighted by atomic mass is 16.5. The molecule has 0 aromatic carbocycles. The van der Waals surface area contributed by atoms with Gasteiger partial charge in [0.1, 0.15) is 5.69 Å². The summed E-state index contributed by atoms with van der Waals surface area (Å²) in [7, 11) is 0. The van der Waals surface area contributed by atoms with Gasteiger partial charge in [-0.3, -0.25) is 9.78 Å². The molecule has 1 aliphatic rings. The number of carbonyl (C=O) groups excluding carboxylic acids is 1. The maximum Gasteiger partial charge on any atom is 0.227 e. The molecule has 20 heavy (non-hydrogen) atoms. The molecule has 2 aromatic heterocycles. The fourth-order valence-corrected chi connectivity index (χ4v) is 1.84. The second kappa shape index (κ2) is 5.81. The quantitative estimate of drug-likeness (QED) is 0.863. The van der Waals surface area contributed by atoms with E-state index in [-0.39, 0.29) is 5.91 Å². The highest BCUT2D eigenvalue weighted by molar-refractivity contribution is 5.76. The van der Waals surface area contributed by atoms with Gasteiger partial charge in [-0.1, -0.05) is 11.2 Å². The Morgan fingerprint density at radius 2 is 2.30 bits per heavy atom. The summed E-state index contributed by atoms with van der Waals surface area (Å²) in [5.74, 6) is 1.65. The molecule has 0 aliphatic heterocycles. The van der Waals surface area contributed by atoms with Crippen molar-refractivity contribution in [1.82, 2.24) is 20.4 Å². The molecule has 6 heteroatoms. The van der Waals surface area contributed by atoms with Gasteiger partial charge in [0, 0.05) is 25.6 Å². The van der Waals surface area contributed by atoms with Gasteiger partial charge >= 0.3 is 0 Å². The monoisotopic (exact) mass is 272 g/mol. The Balaban J connectivity index is 1.50. The second-order valence-electron chi connectivity index (χ2n) is 4.97. The maximum absolute atomic E-state index is 11.6.